The highest BCUT2D eigenvalue weighted by Crippen LogP contribution is 2.77. The second-order valence-electron chi connectivity index (χ2n) is 15.9. The van der Waals surface area contributed by atoms with Crippen LogP contribution < -0.4 is 0 Å². The third-order valence-electron chi connectivity index (χ3n) is 13.9. The number of ketones is 1. The Labute approximate surface area is 248 Å². The molecule has 2 unspecified atom stereocenters. The maximum Gasteiger partial charge on any atom is 0.302 e. The largest absolute Gasteiger partial charge is 0.462 e. The maximum absolute atomic E-state index is 14.7. The molecule has 6 rings (SSSR count). The normalized spacial score (nSPS) is 53.0. The van der Waals surface area contributed by atoms with Gasteiger partial charge in [-0.25, -0.2) is 4.84 Å². The molecule has 1 heterocycles. The third kappa shape index (κ3) is 3.10. The van der Waals surface area contributed by atoms with Gasteiger partial charge in [0.15, 0.2) is 5.78 Å². The van der Waals surface area contributed by atoms with E-state index in [1.165, 1.54) is 6.92 Å². The van der Waals surface area contributed by atoms with Crippen LogP contribution >= 0.6 is 23.4 Å². The molecule has 5 fully saturated rings. The molecule has 1 aliphatic heterocycles. The van der Waals surface area contributed by atoms with Crippen molar-refractivity contribution in [2.75, 3.05) is 0 Å². The van der Waals surface area contributed by atoms with Crippen LogP contribution in [0, 0.1) is 44.3 Å². The van der Waals surface area contributed by atoms with E-state index in [0.717, 1.165) is 55.1 Å². The number of allylic oxidation sites excluding steroid dienone is 1. The minimum Gasteiger partial charge on any atom is -0.462 e. The summed E-state index contributed by atoms with van der Waals surface area (Å²) in [5, 5.41) is -0.634. The minimum atomic E-state index is -1.04. The molecule has 0 radical (unpaired) electrons. The lowest BCUT2D eigenvalue weighted by Gasteiger charge is -2.73. The molecule has 6 nitrogen and oxygen atoms in total. The van der Waals surface area contributed by atoms with Crippen molar-refractivity contribution in [3.05, 3.63) is 11.6 Å². The van der Waals surface area contributed by atoms with Crippen LogP contribution in [0.15, 0.2) is 11.6 Å². The summed E-state index contributed by atoms with van der Waals surface area (Å²) in [6.07, 6.45) is 8.40. The van der Waals surface area contributed by atoms with E-state index in [2.05, 4.69) is 41.5 Å². The van der Waals surface area contributed by atoms with Crippen LogP contribution in [0.4, 0.5) is 0 Å². The molecule has 1 amide bonds. The van der Waals surface area contributed by atoms with Crippen LogP contribution in [0.2, 0.25) is 0 Å². The molecule has 0 aromatic heterocycles. The van der Waals surface area contributed by atoms with Crippen LogP contribution in [0.1, 0.15) is 107 Å². The number of ether oxygens (including phenoxy) is 1. The van der Waals surface area contributed by atoms with Crippen LogP contribution in [-0.2, 0) is 24.0 Å². The summed E-state index contributed by atoms with van der Waals surface area (Å²) >= 11 is 13.9. The van der Waals surface area contributed by atoms with Gasteiger partial charge in [-0.1, -0.05) is 41.5 Å². The van der Waals surface area contributed by atoms with Gasteiger partial charge in [0.2, 0.25) is 0 Å². The zero-order valence-corrected chi connectivity index (χ0v) is 26.8. The van der Waals surface area contributed by atoms with Gasteiger partial charge in [-0.05, 0) is 92.1 Å². The van der Waals surface area contributed by atoms with Gasteiger partial charge in [0, 0.05) is 35.4 Å². The van der Waals surface area contributed by atoms with E-state index >= 15 is 0 Å². The van der Waals surface area contributed by atoms with Gasteiger partial charge in [0.1, 0.15) is 11.7 Å². The summed E-state index contributed by atoms with van der Waals surface area (Å²) in [5.74, 6) is -0.339. The summed E-state index contributed by atoms with van der Waals surface area (Å²) < 4.78 is 6.74. The minimum absolute atomic E-state index is 0.139. The Bertz CT molecular complexity index is 1230. The topological polar surface area (TPSA) is 72.9 Å². The predicted molar refractivity (Wildman–Crippen MR) is 153 cm³/mol. The van der Waals surface area contributed by atoms with Crippen molar-refractivity contribution >= 4 is 41.0 Å². The SMILES string of the molecule is CC(=O)O[C@H]1CC[C@@]2(C)C(CC[C@]3(C)C2C(=O)C=C2[C@@]3(C)CC[C@@]3(C)CC[C@]4(C)C(=O)N(Cl)O[C@]23[C@@H]4Cl)C1(C)C. The quantitative estimate of drug-likeness (QED) is 0.183. The van der Waals surface area contributed by atoms with Gasteiger partial charge in [-0.2, -0.15) is 0 Å². The van der Waals surface area contributed by atoms with Gasteiger partial charge >= 0.3 is 5.97 Å². The number of rotatable bonds is 1. The van der Waals surface area contributed by atoms with Gasteiger partial charge in [-0.3, -0.25) is 14.4 Å². The van der Waals surface area contributed by atoms with Gasteiger partial charge in [-0.15, -0.1) is 16.2 Å². The zero-order chi connectivity index (χ0) is 29.5. The highest BCUT2D eigenvalue weighted by atomic mass is 35.5. The average molecular weight is 595 g/mol. The molecule has 10 atom stereocenters. The predicted octanol–water partition coefficient (Wildman–Crippen LogP) is 7.17. The number of carbonyl (C=O) groups is 3. The number of fused-ring (bicyclic) bond motifs is 6. The van der Waals surface area contributed by atoms with E-state index in [0.29, 0.717) is 6.42 Å². The van der Waals surface area contributed by atoms with Crippen molar-refractivity contribution in [2.24, 2.45) is 44.3 Å². The van der Waals surface area contributed by atoms with Crippen LogP contribution in [0.5, 0.6) is 0 Å². The molecule has 1 saturated heterocycles. The highest BCUT2D eigenvalue weighted by molar-refractivity contribution is 6.27. The molecular formula is C32H45Cl2NO5. The zero-order valence-electron chi connectivity index (χ0n) is 25.3. The molecule has 2 bridgehead atoms. The first kappa shape index (κ1) is 29.0. The number of esters is 1. The number of hydrogen-bond donors (Lipinski definition) is 0. The number of nitrogens with zero attached hydrogens (tertiary/aromatic N) is 1. The fourth-order valence-corrected chi connectivity index (χ4v) is 12.3. The molecule has 0 aromatic carbocycles. The molecule has 8 heteroatoms. The van der Waals surface area contributed by atoms with Crippen molar-refractivity contribution in [1.82, 2.24) is 4.58 Å². The summed E-state index contributed by atoms with van der Waals surface area (Å²) in [4.78, 5) is 46.4. The van der Waals surface area contributed by atoms with Crippen molar-refractivity contribution in [3.8, 4) is 0 Å². The standard InChI is InChI=1S/C32H45Cl2NO5/c1-18(36)39-22-10-11-28(5)20(26(22,2)3)9-12-31(8)23(28)19(37)17-21-30(31,7)16-14-27(4)13-15-29(6)24(33)32(21,27)40-35(34)25(29)38/h17,20,22-24H,9-16H2,1-8H3/t20?,22-,23?,24+,27+,28-,29-,30+,31+,32-/m0/s1. The number of amides is 1. The fourth-order valence-electron chi connectivity index (χ4n) is 11.4. The number of alkyl halides is 1. The van der Waals surface area contributed by atoms with E-state index in [1.807, 2.05) is 13.0 Å². The molecule has 222 valence electrons. The number of halogens is 2. The van der Waals surface area contributed by atoms with Crippen LogP contribution in [0.25, 0.3) is 0 Å². The lowest BCUT2D eigenvalue weighted by atomic mass is 9.32. The Kier molecular flexibility index (Phi) is 6.00. The second-order valence-corrected chi connectivity index (χ2v) is 16.7. The molecule has 6 aliphatic rings. The molecule has 4 saturated carbocycles. The second kappa shape index (κ2) is 8.29. The summed E-state index contributed by atoms with van der Waals surface area (Å²) in [7, 11) is 0. The molecule has 5 aliphatic carbocycles. The number of hydrogen-bond acceptors (Lipinski definition) is 5. The highest BCUT2D eigenvalue weighted by Gasteiger charge is 2.78. The monoisotopic (exact) mass is 593 g/mol. The molecular weight excluding hydrogens is 549 g/mol. The van der Waals surface area contributed by atoms with Crippen molar-refractivity contribution in [2.45, 2.75) is 124 Å². The number of carbonyl (C=O) groups excluding carboxylic acids is 3. The molecule has 0 N–H and O–H groups in total. The average Bonchev–Trinajstić information content (AvgIpc) is 2.85. The lowest BCUT2D eigenvalue weighted by Crippen LogP contribution is -2.77. The van der Waals surface area contributed by atoms with Gasteiger partial charge in [0.05, 0.1) is 10.8 Å². The van der Waals surface area contributed by atoms with Crippen LogP contribution in [-0.4, -0.2) is 39.3 Å². The van der Waals surface area contributed by atoms with Gasteiger partial charge < -0.3 is 4.74 Å². The first-order valence-corrected chi connectivity index (χ1v) is 15.9. The lowest BCUT2D eigenvalue weighted by molar-refractivity contribution is -0.297. The fraction of sp³-hybridized carbons (Fsp3) is 0.844. The Morgan fingerprint density at radius 3 is 2.27 bits per heavy atom. The molecule has 0 aromatic rings. The van der Waals surface area contributed by atoms with Crippen molar-refractivity contribution in [1.29, 1.82) is 0 Å². The van der Waals surface area contributed by atoms with Crippen molar-refractivity contribution in [3.63, 3.8) is 0 Å². The van der Waals surface area contributed by atoms with Crippen molar-refractivity contribution < 1.29 is 24.0 Å². The Morgan fingerprint density at radius 2 is 1.62 bits per heavy atom. The first-order valence-electron chi connectivity index (χ1n) is 15.1. The first-order chi connectivity index (χ1) is 18.4. The third-order valence-corrected chi connectivity index (χ3v) is 14.9. The Balaban J connectivity index is 1.50. The van der Waals surface area contributed by atoms with E-state index in [4.69, 9.17) is 33.0 Å². The van der Waals surface area contributed by atoms with E-state index in [9.17, 15) is 14.4 Å². The van der Waals surface area contributed by atoms with E-state index < -0.39 is 16.4 Å². The smallest absolute Gasteiger partial charge is 0.302 e. The van der Waals surface area contributed by atoms with Crippen LogP contribution in [0.3, 0.4) is 0 Å². The van der Waals surface area contributed by atoms with E-state index in [-0.39, 0.29) is 62.7 Å². The Morgan fingerprint density at radius 1 is 0.975 bits per heavy atom. The summed E-state index contributed by atoms with van der Waals surface area (Å²) in [6, 6.07) is 0. The maximum atomic E-state index is 14.7. The Hall–Kier alpha value is -1.11. The van der Waals surface area contributed by atoms with Gasteiger partial charge in [0.25, 0.3) is 5.91 Å². The molecule has 1 spiro atoms. The van der Waals surface area contributed by atoms with E-state index in [1.54, 1.807) is 0 Å². The number of hydroxylamine groups is 1. The molecule has 40 heavy (non-hydrogen) atoms. The summed E-state index contributed by atoms with van der Waals surface area (Å²) in [6.45, 7) is 17.0. The summed E-state index contributed by atoms with van der Waals surface area (Å²) in [5.41, 5.74) is -2.50.